The fourth-order valence-electron chi connectivity index (χ4n) is 4.25. The van der Waals surface area contributed by atoms with Gasteiger partial charge in [-0.1, -0.05) is 65.3 Å². The summed E-state index contributed by atoms with van der Waals surface area (Å²) in [6.07, 6.45) is 0. The van der Waals surface area contributed by atoms with Crippen LogP contribution < -0.4 is 9.47 Å². The van der Waals surface area contributed by atoms with Gasteiger partial charge in [-0.3, -0.25) is 9.69 Å². The molecule has 0 aliphatic carbocycles. The minimum Gasteiger partial charge on any atom is -0.496 e. The van der Waals surface area contributed by atoms with E-state index in [9.17, 15) is 4.79 Å². The largest absolute Gasteiger partial charge is 0.496 e. The number of benzene rings is 2. The zero-order valence-corrected chi connectivity index (χ0v) is 22.5. The highest BCUT2D eigenvalue weighted by atomic mass is 35.5. The quantitative estimate of drug-likeness (QED) is 0.527. The van der Waals surface area contributed by atoms with Gasteiger partial charge < -0.3 is 14.4 Å². The molecule has 1 fully saturated rings. The van der Waals surface area contributed by atoms with Crippen molar-refractivity contribution < 1.29 is 14.3 Å². The zero-order valence-electron chi connectivity index (χ0n) is 21.7. The van der Waals surface area contributed by atoms with Crippen molar-refractivity contribution in [2.45, 2.75) is 58.9 Å². The smallest absolute Gasteiger partial charge is 0.260 e. The van der Waals surface area contributed by atoms with Gasteiger partial charge in [-0.2, -0.15) is 0 Å². The molecule has 0 N–H and O–H groups in total. The SMILES string of the molecule is COc1cc(C(C)(C)C)c(OCC(=O)N2CCN(Cc3ccc(Cl)cc3)CC2)cc1C(C)(C)C. The monoisotopic (exact) mass is 486 g/mol. The Labute approximate surface area is 210 Å². The van der Waals surface area contributed by atoms with E-state index >= 15 is 0 Å². The van der Waals surface area contributed by atoms with Crippen LogP contribution in [0.2, 0.25) is 5.02 Å². The van der Waals surface area contributed by atoms with Crippen molar-refractivity contribution >= 4 is 17.5 Å². The van der Waals surface area contributed by atoms with Crippen LogP contribution in [-0.4, -0.2) is 55.6 Å². The first kappa shape index (κ1) is 26.4. The third-order valence-corrected chi connectivity index (χ3v) is 6.57. The molecular weight excluding hydrogens is 448 g/mol. The maximum atomic E-state index is 13.0. The van der Waals surface area contributed by atoms with Crippen molar-refractivity contribution in [3.63, 3.8) is 0 Å². The Balaban J connectivity index is 1.64. The van der Waals surface area contributed by atoms with Crippen LogP contribution in [0.4, 0.5) is 0 Å². The van der Waals surface area contributed by atoms with E-state index in [1.807, 2.05) is 17.0 Å². The molecule has 1 saturated heterocycles. The van der Waals surface area contributed by atoms with Gasteiger partial charge in [0, 0.05) is 48.9 Å². The maximum Gasteiger partial charge on any atom is 0.260 e. The van der Waals surface area contributed by atoms with E-state index in [-0.39, 0.29) is 23.3 Å². The molecule has 1 aliphatic heterocycles. The number of nitrogens with zero attached hydrogens (tertiary/aromatic N) is 2. The molecule has 1 heterocycles. The Hall–Kier alpha value is -2.24. The molecule has 0 spiro atoms. The molecule has 34 heavy (non-hydrogen) atoms. The number of halogens is 1. The summed E-state index contributed by atoms with van der Waals surface area (Å²) >= 11 is 5.99. The molecule has 5 nitrogen and oxygen atoms in total. The van der Waals surface area contributed by atoms with Crippen molar-refractivity contribution in [3.05, 3.63) is 58.1 Å². The number of rotatable bonds is 6. The number of carbonyl (C=O) groups excluding carboxylic acids is 1. The minimum atomic E-state index is -0.143. The Bertz CT molecular complexity index is 982. The van der Waals surface area contributed by atoms with Crippen LogP contribution in [0.1, 0.15) is 58.2 Å². The molecule has 1 amide bonds. The first-order chi connectivity index (χ1) is 15.9. The number of methoxy groups -OCH3 is 1. The van der Waals surface area contributed by atoms with Crippen LogP contribution in [-0.2, 0) is 22.2 Å². The highest BCUT2D eigenvalue weighted by Gasteiger charge is 2.28. The molecule has 6 heteroatoms. The van der Waals surface area contributed by atoms with Crippen molar-refractivity contribution in [2.24, 2.45) is 0 Å². The number of hydrogen-bond acceptors (Lipinski definition) is 4. The average Bonchev–Trinajstić information content (AvgIpc) is 2.77. The van der Waals surface area contributed by atoms with Gasteiger partial charge in [0.2, 0.25) is 0 Å². The lowest BCUT2D eigenvalue weighted by molar-refractivity contribution is -0.135. The van der Waals surface area contributed by atoms with E-state index in [0.29, 0.717) is 13.1 Å². The van der Waals surface area contributed by atoms with Crippen molar-refractivity contribution in [3.8, 4) is 11.5 Å². The molecule has 186 valence electrons. The number of amides is 1. The second kappa shape index (κ2) is 10.6. The molecule has 0 radical (unpaired) electrons. The summed E-state index contributed by atoms with van der Waals surface area (Å²) in [5, 5.41) is 0.750. The summed E-state index contributed by atoms with van der Waals surface area (Å²) in [4.78, 5) is 17.3. The summed E-state index contributed by atoms with van der Waals surface area (Å²) in [5.74, 6) is 1.64. The third-order valence-electron chi connectivity index (χ3n) is 6.31. The van der Waals surface area contributed by atoms with E-state index in [1.54, 1.807) is 7.11 Å². The highest BCUT2D eigenvalue weighted by molar-refractivity contribution is 6.30. The van der Waals surface area contributed by atoms with Gasteiger partial charge in [0.1, 0.15) is 11.5 Å². The second-order valence-electron chi connectivity index (χ2n) is 11.1. The molecule has 1 aliphatic rings. The number of ether oxygens (including phenoxy) is 2. The van der Waals surface area contributed by atoms with Gasteiger partial charge in [-0.05, 0) is 40.7 Å². The van der Waals surface area contributed by atoms with Gasteiger partial charge in [0.15, 0.2) is 6.61 Å². The molecule has 0 unspecified atom stereocenters. The lowest BCUT2D eigenvalue weighted by atomic mass is 9.81. The molecule has 0 saturated carbocycles. The fraction of sp³-hybridized carbons (Fsp3) is 0.536. The normalized spacial score (nSPS) is 15.4. The standard InChI is InChI=1S/C28H39ClN2O3/c1-27(2,3)22-17-25(23(28(4,5)6)16-24(22)33-7)34-19-26(32)31-14-12-30(13-15-31)18-20-8-10-21(29)11-9-20/h8-11,16-17H,12-15,18-19H2,1-7H3. The molecule has 3 rings (SSSR count). The first-order valence-corrected chi connectivity index (χ1v) is 12.4. The fourth-order valence-corrected chi connectivity index (χ4v) is 4.38. The van der Waals surface area contributed by atoms with E-state index < -0.39 is 0 Å². The van der Waals surface area contributed by atoms with Gasteiger partial charge in [-0.25, -0.2) is 0 Å². The van der Waals surface area contributed by atoms with E-state index in [0.717, 1.165) is 47.3 Å². The van der Waals surface area contributed by atoms with Crippen molar-refractivity contribution in [1.82, 2.24) is 9.80 Å². The van der Waals surface area contributed by atoms with E-state index in [4.69, 9.17) is 21.1 Å². The Morgan fingerprint density at radius 2 is 1.41 bits per heavy atom. The van der Waals surface area contributed by atoms with Crippen molar-refractivity contribution in [1.29, 1.82) is 0 Å². The van der Waals surface area contributed by atoms with Crippen LogP contribution in [0.5, 0.6) is 11.5 Å². The summed E-state index contributed by atoms with van der Waals surface area (Å²) < 4.78 is 11.9. The summed E-state index contributed by atoms with van der Waals surface area (Å²) in [5.41, 5.74) is 3.09. The topological polar surface area (TPSA) is 42.0 Å². The minimum absolute atomic E-state index is 0.0270. The Kier molecular flexibility index (Phi) is 8.20. The number of carbonyl (C=O) groups is 1. The van der Waals surface area contributed by atoms with Gasteiger partial charge in [0.25, 0.3) is 5.91 Å². The van der Waals surface area contributed by atoms with Crippen molar-refractivity contribution in [2.75, 3.05) is 39.9 Å². The molecule has 2 aromatic rings. The highest BCUT2D eigenvalue weighted by Crippen LogP contribution is 2.41. The molecule has 0 bridgehead atoms. The number of hydrogen-bond donors (Lipinski definition) is 0. The van der Waals surface area contributed by atoms with Crippen LogP contribution in [0.15, 0.2) is 36.4 Å². The average molecular weight is 487 g/mol. The molecule has 0 aromatic heterocycles. The van der Waals surface area contributed by atoms with Crippen LogP contribution in [0, 0.1) is 0 Å². The Morgan fingerprint density at radius 1 is 0.882 bits per heavy atom. The van der Waals surface area contributed by atoms with Gasteiger partial charge in [0.05, 0.1) is 7.11 Å². The summed E-state index contributed by atoms with van der Waals surface area (Å²) in [6.45, 7) is 16.9. The summed E-state index contributed by atoms with van der Waals surface area (Å²) in [7, 11) is 1.70. The third kappa shape index (κ3) is 6.67. The maximum absolute atomic E-state index is 13.0. The van der Waals surface area contributed by atoms with E-state index in [1.165, 1.54) is 5.56 Å². The molecular formula is C28H39ClN2O3. The Morgan fingerprint density at radius 3 is 1.94 bits per heavy atom. The zero-order chi connectivity index (χ0) is 25.1. The molecule has 2 aromatic carbocycles. The van der Waals surface area contributed by atoms with Crippen LogP contribution >= 0.6 is 11.6 Å². The lowest BCUT2D eigenvalue weighted by Gasteiger charge is -2.35. The van der Waals surface area contributed by atoms with E-state index in [2.05, 4.69) is 70.7 Å². The predicted octanol–water partition coefficient (Wildman–Crippen LogP) is 5.67. The summed E-state index contributed by atoms with van der Waals surface area (Å²) in [6, 6.07) is 12.1. The number of piperazine rings is 1. The molecule has 0 atom stereocenters. The van der Waals surface area contributed by atoms with Gasteiger partial charge >= 0.3 is 0 Å². The van der Waals surface area contributed by atoms with Gasteiger partial charge in [-0.15, -0.1) is 0 Å². The predicted molar refractivity (Wildman–Crippen MR) is 139 cm³/mol. The second-order valence-corrected chi connectivity index (χ2v) is 11.6. The lowest BCUT2D eigenvalue weighted by Crippen LogP contribution is -2.49. The first-order valence-electron chi connectivity index (χ1n) is 12.0. The van der Waals surface area contributed by atoms with Crippen LogP contribution in [0.25, 0.3) is 0 Å². The van der Waals surface area contributed by atoms with Crippen LogP contribution in [0.3, 0.4) is 0 Å².